The molecular weight excluding hydrogens is 250 g/mol. The van der Waals surface area contributed by atoms with Gasteiger partial charge < -0.3 is 14.8 Å². The Hall–Kier alpha value is -1.22. The lowest BCUT2D eigenvalue weighted by Crippen LogP contribution is -2.26. The van der Waals surface area contributed by atoms with Crippen LogP contribution in [0.2, 0.25) is 0 Å². The second-order valence-corrected chi connectivity index (χ2v) is 6.09. The van der Waals surface area contributed by atoms with Crippen molar-refractivity contribution in [2.24, 2.45) is 5.92 Å². The SMILES string of the molecule is COc1ccc(C2CCCC2CNC2CC2)c(OC)c1. The molecule has 3 nitrogen and oxygen atoms in total. The highest BCUT2D eigenvalue weighted by Gasteiger charge is 2.32. The minimum Gasteiger partial charge on any atom is -0.497 e. The predicted molar refractivity (Wildman–Crippen MR) is 80.7 cm³/mol. The molecule has 2 unspecified atom stereocenters. The van der Waals surface area contributed by atoms with Gasteiger partial charge in [-0.2, -0.15) is 0 Å². The number of methoxy groups -OCH3 is 2. The molecule has 2 saturated carbocycles. The molecule has 3 heteroatoms. The molecule has 2 atom stereocenters. The van der Waals surface area contributed by atoms with Crippen LogP contribution in [0, 0.1) is 5.92 Å². The molecule has 2 fully saturated rings. The lowest BCUT2D eigenvalue weighted by atomic mass is 9.88. The van der Waals surface area contributed by atoms with Crippen molar-refractivity contribution in [3.05, 3.63) is 23.8 Å². The third-order valence-electron chi connectivity index (χ3n) is 4.75. The molecule has 0 radical (unpaired) electrons. The van der Waals surface area contributed by atoms with Crippen molar-refractivity contribution in [1.29, 1.82) is 0 Å². The van der Waals surface area contributed by atoms with Gasteiger partial charge in [0.15, 0.2) is 0 Å². The van der Waals surface area contributed by atoms with Gasteiger partial charge in [-0.1, -0.05) is 12.5 Å². The lowest BCUT2D eigenvalue weighted by Gasteiger charge is -2.23. The molecule has 0 bridgehead atoms. The van der Waals surface area contributed by atoms with Crippen LogP contribution in [0.15, 0.2) is 18.2 Å². The molecule has 2 aliphatic rings. The van der Waals surface area contributed by atoms with Crippen LogP contribution in [0.1, 0.15) is 43.6 Å². The van der Waals surface area contributed by atoms with Gasteiger partial charge in [0, 0.05) is 12.1 Å². The summed E-state index contributed by atoms with van der Waals surface area (Å²) in [4.78, 5) is 0. The van der Waals surface area contributed by atoms with Gasteiger partial charge in [0.05, 0.1) is 14.2 Å². The van der Waals surface area contributed by atoms with E-state index < -0.39 is 0 Å². The standard InChI is InChI=1S/C17H25NO2/c1-19-14-8-9-16(17(10-14)20-2)15-5-3-4-12(15)11-18-13-6-7-13/h8-10,12-13,15,18H,3-7,11H2,1-2H3. The van der Waals surface area contributed by atoms with Crippen molar-refractivity contribution in [1.82, 2.24) is 5.32 Å². The number of hydrogen-bond acceptors (Lipinski definition) is 3. The molecule has 0 spiro atoms. The summed E-state index contributed by atoms with van der Waals surface area (Å²) in [5, 5.41) is 3.69. The molecule has 3 rings (SSSR count). The number of benzene rings is 1. The van der Waals surface area contributed by atoms with Crippen molar-refractivity contribution >= 4 is 0 Å². The summed E-state index contributed by atoms with van der Waals surface area (Å²) in [5.41, 5.74) is 1.35. The van der Waals surface area contributed by atoms with E-state index in [1.807, 2.05) is 6.07 Å². The topological polar surface area (TPSA) is 30.5 Å². The Labute approximate surface area is 121 Å². The summed E-state index contributed by atoms with van der Waals surface area (Å²) in [6.07, 6.45) is 6.67. The largest absolute Gasteiger partial charge is 0.497 e. The van der Waals surface area contributed by atoms with Crippen molar-refractivity contribution in [2.45, 2.75) is 44.1 Å². The maximum absolute atomic E-state index is 5.59. The molecule has 0 aliphatic heterocycles. The van der Waals surface area contributed by atoms with Crippen LogP contribution >= 0.6 is 0 Å². The highest BCUT2D eigenvalue weighted by atomic mass is 16.5. The average Bonchev–Trinajstić information content (AvgIpc) is 3.21. The van der Waals surface area contributed by atoms with Crippen LogP contribution in [0.25, 0.3) is 0 Å². The molecule has 0 saturated heterocycles. The van der Waals surface area contributed by atoms with Gasteiger partial charge in [-0.05, 0) is 55.7 Å². The van der Waals surface area contributed by atoms with E-state index in [2.05, 4.69) is 17.4 Å². The van der Waals surface area contributed by atoms with Crippen molar-refractivity contribution in [3.8, 4) is 11.5 Å². The Balaban J connectivity index is 1.75. The van der Waals surface area contributed by atoms with Crippen LogP contribution < -0.4 is 14.8 Å². The van der Waals surface area contributed by atoms with Crippen LogP contribution in [-0.2, 0) is 0 Å². The Morgan fingerprint density at radius 3 is 2.65 bits per heavy atom. The van der Waals surface area contributed by atoms with Gasteiger partial charge in [-0.25, -0.2) is 0 Å². The van der Waals surface area contributed by atoms with Crippen LogP contribution in [0.3, 0.4) is 0 Å². The summed E-state index contributed by atoms with van der Waals surface area (Å²) in [6.45, 7) is 1.16. The van der Waals surface area contributed by atoms with E-state index in [4.69, 9.17) is 9.47 Å². The van der Waals surface area contributed by atoms with Crippen molar-refractivity contribution in [2.75, 3.05) is 20.8 Å². The molecule has 1 aromatic rings. The van der Waals surface area contributed by atoms with E-state index in [0.717, 1.165) is 30.0 Å². The average molecular weight is 275 g/mol. The van der Waals surface area contributed by atoms with Gasteiger partial charge in [0.25, 0.3) is 0 Å². The zero-order valence-corrected chi connectivity index (χ0v) is 12.5. The maximum Gasteiger partial charge on any atom is 0.126 e. The van der Waals surface area contributed by atoms with E-state index in [1.165, 1.54) is 37.7 Å². The van der Waals surface area contributed by atoms with Crippen LogP contribution in [-0.4, -0.2) is 26.8 Å². The second kappa shape index (κ2) is 6.04. The predicted octanol–water partition coefficient (Wildman–Crippen LogP) is 3.34. The van der Waals surface area contributed by atoms with Gasteiger partial charge in [0.2, 0.25) is 0 Å². The summed E-state index contributed by atoms with van der Waals surface area (Å²) in [5.74, 6) is 3.23. The molecule has 1 aromatic carbocycles. The summed E-state index contributed by atoms with van der Waals surface area (Å²) in [6, 6.07) is 7.06. The van der Waals surface area contributed by atoms with Gasteiger partial charge >= 0.3 is 0 Å². The van der Waals surface area contributed by atoms with Gasteiger partial charge in [-0.15, -0.1) is 0 Å². The highest BCUT2D eigenvalue weighted by molar-refractivity contribution is 5.43. The second-order valence-electron chi connectivity index (χ2n) is 6.09. The Morgan fingerprint density at radius 2 is 1.95 bits per heavy atom. The van der Waals surface area contributed by atoms with E-state index >= 15 is 0 Å². The first-order chi connectivity index (χ1) is 9.81. The smallest absolute Gasteiger partial charge is 0.126 e. The summed E-state index contributed by atoms with van der Waals surface area (Å²) in [7, 11) is 3.46. The maximum atomic E-state index is 5.59. The minimum atomic E-state index is 0.627. The van der Waals surface area contributed by atoms with Crippen molar-refractivity contribution < 1.29 is 9.47 Å². The van der Waals surface area contributed by atoms with E-state index in [1.54, 1.807) is 14.2 Å². The summed E-state index contributed by atoms with van der Waals surface area (Å²) < 4.78 is 10.9. The number of rotatable bonds is 6. The first kappa shape index (κ1) is 13.7. The quantitative estimate of drug-likeness (QED) is 0.863. The molecule has 20 heavy (non-hydrogen) atoms. The third kappa shape index (κ3) is 2.93. The fourth-order valence-corrected chi connectivity index (χ4v) is 3.42. The fourth-order valence-electron chi connectivity index (χ4n) is 3.42. The molecule has 0 heterocycles. The van der Waals surface area contributed by atoms with Gasteiger partial charge in [0.1, 0.15) is 11.5 Å². The zero-order valence-electron chi connectivity index (χ0n) is 12.5. The van der Waals surface area contributed by atoms with Crippen LogP contribution in [0.5, 0.6) is 11.5 Å². The molecule has 0 aromatic heterocycles. The number of hydrogen-bond donors (Lipinski definition) is 1. The zero-order chi connectivity index (χ0) is 13.9. The minimum absolute atomic E-state index is 0.627. The van der Waals surface area contributed by atoms with E-state index in [-0.39, 0.29) is 0 Å². The molecule has 2 aliphatic carbocycles. The Morgan fingerprint density at radius 1 is 1.10 bits per heavy atom. The summed E-state index contributed by atoms with van der Waals surface area (Å²) >= 11 is 0. The first-order valence-electron chi connectivity index (χ1n) is 7.77. The molecular formula is C17H25NO2. The lowest BCUT2D eigenvalue weighted by molar-refractivity contribution is 0.378. The monoisotopic (exact) mass is 275 g/mol. The van der Waals surface area contributed by atoms with Crippen molar-refractivity contribution in [3.63, 3.8) is 0 Å². The van der Waals surface area contributed by atoms with E-state index in [9.17, 15) is 0 Å². The molecule has 110 valence electrons. The first-order valence-corrected chi connectivity index (χ1v) is 7.77. The normalized spacial score (nSPS) is 25.7. The number of nitrogens with one attached hydrogen (secondary N) is 1. The number of ether oxygens (including phenoxy) is 2. The van der Waals surface area contributed by atoms with Gasteiger partial charge in [-0.3, -0.25) is 0 Å². The van der Waals surface area contributed by atoms with E-state index in [0.29, 0.717) is 5.92 Å². The fraction of sp³-hybridized carbons (Fsp3) is 0.647. The Bertz CT molecular complexity index is 456. The van der Waals surface area contributed by atoms with Crippen LogP contribution in [0.4, 0.5) is 0 Å². The Kier molecular flexibility index (Phi) is 4.16. The molecule has 1 N–H and O–H groups in total. The molecule has 0 amide bonds. The third-order valence-corrected chi connectivity index (χ3v) is 4.75. The highest BCUT2D eigenvalue weighted by Crippen LogP contribution is 2.44.